The van der Waals surface area contributed by atoms with E-state index < -0.39 is 14.2 Å². The number of nitrogens with zero attached hydrogens (tertiary/aromatic N) is 3. The van der Waals surface area contributed by atoms with E-state index in [0.29, 0.717) is 0 Å². The lowest BCUT2D eigenvalue weighted by molar-refractivity contribution is -0.152. The van der Waals surface area contributed by atoms with Crippen molar-refractivity contribution in [3.63, 3.8) is 0 Å². The Labute approximate surface area is 138 Å². The first-order valence-corrected chi connectivity index (χ1v) is 13.2. The molecule has 0 saturated carbocycles. The summed E-state index contributed by atoms with van der Waals surface area (Å²) in [5.74, 6) is 0. The predicted octanol–water partition coefficient (Wildman–Crippen LogP) is 2.95. The maximum absolute atomic E-state index is 12.3. The Morgan fingerprint density at radius 3 is 1.90 bits per heavy atom. The van der Waals surface area contributed by atoms with E-state index in [-0.39, 0.29) is 4.19 Å². The second kappa shape index (κ2) is 5.21. The number of hydrogen-bond acceptors (Lipinski definition) is 4. The van der Waals surface area contributed by atoms with Gasteiger partial charge in [0.25, 0.3) is 0 Å². The lowest BCUT2D eigenvalue weighted by Crippen LogP contribution is -2.43. The molecular formula is C12H20Br2N3OP2+. The number of fused-ring (bicyclic) bond motifs is 1. The molecule has 2 unspecified atom stereocenters. The summed E-state index contributed by atoms with van der Waals surface area (Å²) in [6.45, 7) is 5.78. The van der Waals surface area contributed by atoms with Crippen LogP contribution in [0.2, 0.25) is 0 Å². The molecule has 4 rings (SSSR count). The van der Waals surface area contributed by atoms with Crippen molar-refractivity contribution >= 4 is 50.9 Å². The van der Waals surface area contributed by atoms with Crippen LogP contribution in [0.1, 0.15) is 32.1 Å². The van der Waals surface area contributed by atoms with E-state index in [2.05, 4.69) is 45.4 Å². The van der Waals surface area contributed by atoms with E-state index in [1.807, 2.05) is 0 Å². The van der Waals surface area contributed by atoms with Gasteiger partial charge in [0.05, 0.1) is 6.54 Å². The largest absolute Gasteiger partial charge is 0.628 e. The summed E-state index contributed by atoms with van der Waals surface area (Å²) in [6.07, 6.45) is 4.54. The Kier molecular flexibility index (Phi) is 3.89. The molecular weight excluding hydrogens is 424 g/mol. The molecule has 2 atom stereocenters. The Bertz CT molecular complexity index is 450. The maximum Gasteiger partial charge on any atom is 0.321 e. The highest BCUT2D eigenvalue weighted by atomic mass is 79.9. The van der Waals surface area contributed by atoms with Gasteiger partial charge in [-0.05, 0) is 25.7 Å². The van der Waals surface area contributed by atoms with Crippen LogP contribution >= 0.6 is 45.6 Å². The van der Waals surface area contributed by atoms with Gasteiger partial charge < -0.3 is 4.89 Å². The molecule has 0 N–H and O–H groups in total. The molecule has 0 aromatic rings. The zero-order chi connectivity index (χ0) is 14.0. The molecule has 4 aliphatic rings. The molecule has 3 fully saturated rings. The lowest BCUT2D eigenvalue weighted by Gasteiger charge is -2.39. The van der Waals surface area contributed by atoms with E-state index in [9.17, 15) is 4.89 Å². The normalized spacial score (nSPS) is 38.0. The molecule has 0 spiro atoms. The molecule has 4 nitrogen and oxygen atoms in total. The van der Waals surface area contributed by atoms with Crippen LogP contribution in [0.15, 0.2) is 0 Å². The fourth-order valence-corrected chi connectivity index (χ4v) is 15.3. The summed E-state index contributed by atoms with van der Waals surface area (Å²) in [4.78, 5) is 12.3. The second-order valence-corrected chi connectivity index (χ2v) is 15.0. The fraction of sp³-hybridized carbons (Fsp3) is 0.917. The molecule has 4 aliphatic heterocycles. The van der Waals surface area contributed by atoms with Gasteiger partial charge in [0, 0.05) is 48.5 Å². The molecule has 0 aromatic carbocycles. The third-order valence-corrected chi connectivity index (χ3v) is 16.6. The molecule has 4 heterocycles. The summed E-state index contributed by atoms with van der Waals surface area (Å²) < 4.78 is 7.58. The Morgan fingerprint density at radius 2 is 1.50 bits per heavy atom. The van der Waals surface area contributed by atoms with Gasteiger partial charge in [-0.3, -0.25) is 0 Å². The second-order valence-electron chi connectivity index (χ2n) is 6.02. The molecule has 112 valence electrons. The fourth-order valence-electron chi connectivity index (χ4n) is 3.81. The smallest absolute Gasteiger partial charge is 0.321 e. The van der Waals surface area contributed by atoms with Gasteiger partial charge >= 0.3 is 10.6 Å². The quantitative estimate of drug-likeness (QED) is 0.381. The van der Waals surface area contributed by atoms with Gasteiger partial charge in [0.15, 0.2) is 5.29 Å². The van der Waals surface area contributed by atoms with Gasteiger partial charge in [-0.2, -0.15) is 0 Å². The monoisotopic (exact) mass is 442 g/mol. The lowest BCUT2D eigenvalue weighted by atomic mass is 10.4. The van der Waals surface area contributed by atoms with Crippen LogP contribution in [0.3, 0.4) is 0 Å². The number of rotatable bonds is 3. The van der Waals surface area contributed by atoms with Gasteiger partial charge in [0.2, 0.25) is 15.5 Å². The van der Waals surface area contributed by atoms with Crippen LogP contribution in [0.5, 0.6) is 0 Å². The average molecular weight is 444 g/mol. The molecule has 20 heavy (non-hydrogen) atoms. The minimum atomic E-state index is -1.67. The van der Waals surface area contributed by atoms with Gasteiger partial charge in [0.1, 0.15) is 7.77 Å². The first-order valence-electron chi connectivity index (χ1n) is 7.50. The topological polar surface area (TPSA) is 32.8 Å². The Morgan fingerprint density at radius 1 is 1.00 bits per heavy atom. The van der Waals surface area contributed by atoms with Crippen molar-refractivity contribution in [1.82, 2.24) is 14.0 Å². The summed E-state index contributed by atoms with van der Waals surface area (Å²) in [5.41, 5.74) is 0. The van der Waals surface area contributed by atoms with E-state index in [4.69, 9.17) is 0 Å². The molecule has 0 aromatic heterocycles. The third kappa shape index (κ3) is 1.93. The zero-order valence-corrected chi connectivity index (χ0v) is 16.4. The molecule has 0 aliphatic carbocycles. The zero-order valence-electron chi connectivity index (χ0n) is 11.5. The molecule has 3 saturated heterocycles. The van der Waals surface area contributed by atoms with Crippen LogP contribution in [0.25, 0.3) is 0 Å². The Hall–Kier alpha value is 1.40. The van der Waals surface area contributed by atoms with E-state index in [1.165, 1.54) is 57.2 Å². The van der Waals surface area contributed by atoms with E-state index >= 15 is 0 Å². The third-order valence-electron chi connectivity index (χ3n) is 4.93. The highest BCUT2D eigenvalue weighted by Gasteiger charge is 2.78. The van der Waals surface area contributed by atoms with Crippen LogP contribution in [0.4, 0.5) is 0 Å². The number of alkyl halides is 1. The Balaban J connectivity index is 1.68. The van der Waals surface area contributed by atoms with Crippen molar-refractivity contribution in [1.29, 1.82) is 0 Å². The van der Waals surface area contributed by atoms with Crippen LogP contribution in [-0.4, -0.2) is 56.2 Å². The summed E-state index contributed by atoms with van der Waals surface area (Å²) in [6, 6.07) is 0. The summed E-state index contributed by atoms with van der Waals surface area (Å²) in [7, 11) is -1.17. The minimum absolute atomic E-state index is 0.273. The minimum Gasteiger partial charge on any atom is -0.628 e. The molecule has 0 bridgehead atoms. The highest BCUT2D eigenvalue weighted by molar-refractivity contribution is 9.41. The van der Waals surface area contributed by atoms with Crippen molar-refractivity contribution in [2.45, 2.75) is 36.3 Å². The maximum atomic E-state index is 12.3. The van der Waals surface area contributed by atoms with Crippen molar-refractivity contribution in [3.8, 4) is 0 Å². The van der Waals surface area contributed by atoms with E-state index in [0.717, 1.165) is 13.0 Å². The first-order chi connectivity index (χ1) is 9.59. The highest BCUT2D eigenvalue weighted by Crippen LogP contribution is 2.83. The summed E-state index contributed by atoms with van der Waals surface area (Å²) in [5, 5.41) is 1.25. The number of halogens is 2. The molecule has 0 radical (unpaired) electrons. The van der Waals surface area contributed by atoms with Crippen LogP contribution in [0, 0.1) is 0 Å². The average Bonchev–Trinajstić information content (AvgIpc) is 3.05. The van der Waals surface area contributed by atoms with Crippen LogP contribution < -0.4 is 4.89 Å². The van der Waals surface area contributed by atoms with Crippen molar-refractivity contribution in [2.75, 3.05) is 32.7 Å². The predicted molar refractivity (Wildman–Crippen MR) is 92.4 cm³/mol. The standard InChI is InChI=1S/C12H20Br2N3OP2/c13-12-11(19(12)18)5-10-17(12)20(14,15-6-1-2-7-15)16-8-3-4-9-16/h1-10H2/q+1. The van der Waals surface area contributed by atoms with Crippen LogP contribution in [-0.2, 0) is 0 Å². The van der Waals surface area contributed by atoms with Crippen molar-refractivity contribution in [3.05, 3.63) is 0 Å². The van der Waals surface area contributed by atoms with E-state index in [1.54, 1.807) is 0 Å². The summed E-state index contributed by atoms with van der Waals surface area (Å²) >= 11 is 8.04. The van der Waals surface area contributed by atoms with Gasteiger partial charge in [-0.25, -0.2) is 0 Å². The first kappa shape index (κ1) is 15.0. The number of hydrogen-bond donors (Lipinski definition) is 0. The van der Waals surface area contributed by atoms with Gasteiger partial charge in [-0.15, -0.1) is 9.34 Å². The van der Waals surface area contributed by atoms with Crippen molar-refractivity contribution in [2.24, 2.45) is 0 Å². The SMILES string of the molecule is [O-][P+]1=C2CCN([P+](Br)(N3CCCC3)N3CCCC3)C21Br. The van der Waals surface area contributed by atoms with Gasteiger partial charge in [-0.1, -0.05) is 4.67 Å². The molecule has 0 amide bonds. The molecule has 8 heteroatoms. The van der Waals surface area contributed by atoms with Crippen molar-refractivity contribution < 1.29 is 4.89 Å².